The fourth-order valence-corrected chi connectivity index (χ4v) is 3.95. The van der Waals surface area contributed by atoms with Crippen LogP contribution in [0.4, 0.5) is 0 Å². The normalized spacial score (nSPS) is 28.4. The highest BCUT2D eigenvalue weighted by atomic mass is 16.3. The van der Waals surface area contributed by atoms with Gasteiger partial charge in [0, 0.05) is 36.4 Å². The van der Waals surface area contributed by atoms with Gasteiger partial charge in [-0.3, -0.25) is 9.58 Å². The van der Waals surface area contributed by atoms with Gasteiger partial charge in [0.15, 0.2) is 0 Å². The first-order valence-corrected chi connectivity index (χ1v) is 8.40. The number of hydrogen-bond donors (Lipinski definition) is 2. The molecule has 5 heteroatoms. The zero-order valence-corrected chi connectivity index (χ0v) is 13.0. The zero-order chi connectivity index (χ0) is 14.7. The van der Waals surface area contributed by atoms with Crippen molar-refractivity contribution in [1.82, 2.24) is 20.0 Å². The van der Waals surface area contributed by atoms with Gasteiger partial charge >= 0.3 is 0 Å². The van der Waals surface area contributed by atoms with Crippen molar-refractivity contribution >= 4 is 0 Å². The lowest BCUT2D eigenvalue weighted by Gasteiger charge is -2.37. The SMILES string of the molecule is CCCN(Cc1cnn(CCO)c1)C1CC2CCC(C1)N2. The first kappa shape index (κ1) is 15.0. The second kappa shape index (κ2) is 6.90. The fourth-order valence-electron chi connectivity index (χ4n) is 3.95. The number of hydrogen-bond acceptors (Lipinski definition) is 4. The highest BCUT2D eigenvalue weighted by Gasteiger charge is 2.35. The van der Waals surface area contributed by atoms with Crippen molar-refractivity contribution in [3.63, 3.8) is 0 Å². The summed E-state index contributed by atoms with van der Waals surface area (Å²) in [6, 6.07) is 2.19. The van der Waals surface area contributed by atoms with Gasteiger partial charge < -0.3 is 10.4 Å². The Bertz CT molecular complexity index is 435. The average Bonchev–Trinajstić information content (AvgIpc) is 3.05. The van der Waals surface area contributed by atoms with E-state index in [1.165, 1.54) is 37.7 Å². The highest BCUT2D eigenvalue weighted by Crippen LogP contribution is 2.30. The molecule has 3 heterocycles. The molecule has 2 atom stereocenters. The van der Waals surface area contributed by atoms with E-state index in [1.807, 2.05) is 10.9 Å². The van der Waals surface area contributed by atoms with Crippen LogP contribution in [0.1, 0.15) is 44.6 Å². The van der Waals surface area contributed by atoms with E-state index in [9.17, 15) is 0 Å². The van der Waals surface area contributed by atoms with Crippen molar-refractivity contribution in [3.05, 3.63) is 18.0 Å². The third-order valence-corrected chi connectivity index (χ3v) is 4.88. The van der Waals surface area contributed by atoms with E-state index < -0.39 is 0 Å². The number of rotatable bonds is 7. The summed E-state index contributed by atoms with van der Waals surface area (Å²) in [5.41, 5.74) is 1.27. The molecule has 2 unspecified atom stereocenters. The maximum absolute atomic E-state index is 8.99. The summed E-state index contributed by atoms with van der Waals surface area (Å²) >= 11 is 0. The van der Waals surface area contributed by atoms with Gasteiger partial charge in [0.05, 0.1) is 19.3 Å². The average molecular weight is 292 g/mol. The summed E-state index contributed by atoms with van der Waals surface area (Å²) in [6.07, 6.45) is 10.5. The lowest BCUT2D eigenvalue weighted by Crippen LogP contribution is -2.48. The van der Waals surface area contributed by atoms with Crippen molar-refractivity contribution in [3.8, 4) is 0 Å². The standard InChI is InChI=1S/C16H28N4O/c1-2-5-19(11-13-10-17-20(12-13)6-7-21)16-8-14-3-4-15(9-16)18-14/h10,12,14-16,18,21H,2-9,11H2,1H3. The third kappa shape index (κ3) is 3.65. The Morgan fingerprint density at radius 3 is 2.81 bits per heavy atom. The van der Waals surface area contributed by atoms with E-state index in [0.29, 0.717) is 12.6 Å². The van der Waals surface area contributed by atoms with Crippen LogP contribution in [0, 0.1) is 0 Å². The minimum absolute atomic E-state index is 0.150. The van der Waals surface area contributed by atoms with Crippen LogP contribution in [-0.2, 0) is 13.1 Å². The Kier molecular flexibility index (Phi) is 4.93. The van der Waals surface area contributed by atoms with Gasteiger partial charge in [0.25, 0.3) is 0 Å². The molecule has 2 N–H and O–H groups in total. The molecule has 5 nitrogen and oxygen atoms in total. The number of aliphatic hydroxyl groups excluding tert-OH is 1. The Balaban J connectivity index is 1.63. The van der Waals surface area contributed by atoms with Gasteiger partial charge in [-0.25, -0.2) is 0 Å². The molecular formula is C16H28N4O. The van der Waals surface area contributed by atoms with Crippen LogP contribution in [0.25, 0.3) is 0 Å². The molecule has 0 amide bonds. The molecule has 118 valence electrons. The Morgan fingerprint density at radius 2 is 2.14 bits per heavy atom. The maximum Gasteiger partial charge on any atom is 0.0640 e. The van der Waals surface area contributed by atoms with E-state index in [4.69, 9.17) is 5.11 Å². The molecule has 0 spiro atoms. The van der Waals surface area contributed by atoms with Crippen LogP contribution in [0.5, 0.6) is 0 Å². The smallest absolute Gasteiger partial charge is 0.0640 e. The summed E-state index contributed by atoms with van der Waals surface area (Å²) in [4.78, 5) is 2.65. The zero-order valence-electron chi connectivity index (χ0n) is 13.0. The van der Waals surface area contributed by atoms with Gasteiger partial charge in [0.1, 0.15) is 0 Å². The van der Waals surface area contributed by atoms with Crippen LogP contribution in [-0.4, -0.2) is 51.1 Å². The summed E-state index contributed by atoms with van der Waals surface area (Å²) in [6.45, 7) is 5.15. The van der Waals surface area contributed by atoms with E-state index in [0.717, 1.165) is 25.2 Å². The first-order valence-electron chi connectivity index (χ1n) is 8.40. The van der Waals surface area contributed by atoms with E-state index in [-0.39, 0.29) is 6.61 Å². The van der Waals surface area contributed by atoms with Crippen LogP contribution in [0.2, 0.25) is 0 Å². The molecule has 1 aromatic heterocycles. The molecule has 2 fully saturated rings. The molecular weight excluding hydrogens is 264 g/mol. The lowest BCUT2D eigenvalue weighted by molar-refractivity contribution is 0.134. The molecule has 3 rings (SSSR count). The number of nitrogens with one attached hydrogen (secondary N) is 1. The van der Waals surface area contributed by atoms with Crippen molar-refractivity contribution in [2.75, 3.05) is 13.2 Å². The van der Waals surface area contributed by atoms with Crippen molar-refractivity contribution in [2.45, 2.75) is 70.2 Å². The molecule has 1 aromatic rings. The topological polar surface area (TPSA) is 53.3 Å². The molecule has 2 saturated heterocycles. The largest absolute Gasteiger partial charge is 0.394 e. The van der Waals surface area contributed by atoms with Gasteiger partial charge in [-0.1, -0.05) is 6.92 Å². The van der Waals surface area contributed by atoms with E-state index >= 15 is 0 Å². The molecule has 21 heavy (non-hydrogen) atoms. The Morgan fingerprint density at radius 1 is 1.38 bits per heavy atom. The van der Waals surface area contributed by atoms with Gasteiger partial charge in [-0.15, -0.1) is 0 Å². The summed E-state index contributed by atoms with van der Waals surface area (Å²) in [5, 5.41) is 17.0. The second-order valence-corrected chi connectivity index (χ2v) is 6.57. The minimum Gasteiger partial charge on any atom is -0.394 e. The molecule has 0 aliphatic carbocycles. The van der Waals surface area contributed by atoms with E-state index in [2.05, 4.69) is 28.4 Å². The molecule has 0 aromatic carbocycles. The maximum atomic E-state index is 8.99. The van der Waals surface area contributed by atoms with Gasteiger partial charge in [0.2, 0.25) is 0 Å². The molecule has 0 radical (unpaired) electrons. The summed E-state index contributed by atoms with van der Waals surface area (Å²) < 4.78 is 1.84. The Hall–Kier alpha value is -0.910. The number of aromatic nitrogens is 2. The monoisotopic (exact) mass is 292 g/mol. The molecule has 0 saturated carbocycles. The van der Waals surface area contributed by atoms with Crippen LogP contribution in [0.3, 0.4) is 0 Å². The number of aliphatic hydroxyl groups is 1. The van der Waals surface area contributed by atoms with Crippen LogP contribution in [0.15, 0.2) is 12.4 Å². The molecule has 2 aliphatic rings. The van der Waals surface area contributed by atoms with Gasteiger partial charge in [-0.2, -0.15) is 5.10 Å². The predicted octanol–water partition coefficient (Wildman–Crippen LogP) is 1.37. The number of piperidine rings is 1. The Labute approximate surface area is 127 Å². The number of fused-ring (bicyclic) bond motifs is 2. The van der Waals surface area contributed by atoms with Crippen LogP contribution >= 0.6 is 0 Å². The predicted molar refractivity (Wildman–Crippen MR) is 83.0 cm³/mol. The van der Waals surface area contributed by atoms with Gasteiger partial charge in [-0.05, 0) is 38.6 Å². The van der Waals surface area contributed by atoms with E-state index in [1.54, 1.807) is 0 Å². The third-order valence-electron chi connectivity index (χ3n) is 4.88. The first-order chi connectivity index (χ1) is 10.3. The van der Waals surface area contributed by atoms with Crippen LogP contribution < -0.4 is 5.32 Å². The summed E-state index contributed by atoms with van der Waals surface area (Å²) in [7, 11) is 0. The van der Waals surface area contributed by atoms with Crippen molar-refractivity contribution in [1.29, 1.82) is 0 Å². The van der Waals surface area contributed by atoms with Crippen molar-refractivity contribution < 1.29 is 5.11 Å². The molecule has 2 aliphatic heterocycles. The summed E-state index contributed by atoms with van der Waals surface area (Å²) in [5.74, 6) is 0. The van der Waals surface area contributed by atoms with Crippen molar-refractivity contribution in [2.24, 2.45) is 0 Å². The quantitative estimate of drug-likeness (QED) is 0.797. The highest BCUT2D eigenvalue weighted by molar-refractivity contribution is 5.05. The minimum atomic E-state index is 0.150. The second-order valence-electron chi connectivity index (χ2n) is 6.57. The fraction of sp³-hybridized carbons (Fsp3) is 0.812. The molecule has 2 bridgehead atoms. The lowest BCUT2D eigenvalue weighted by atomic mass is 9.97. The number of nitrogens with zero attached hydrogens (tertiary/aromatic N) is 3.